The van der Waals surface area contributed by atoms with Crippen LogP contribution in [0.25, 0.3) is 0 Å². The van der Waals surface area contributed by atoms with Gasteiger partial charge in [0.1, 0.15) is 5.75 Å². The molecule has 0 radical (unpaired) electrons. The van der Waals surface area contributed by atoms with Gasteiger partial charge in [0.05, 0.1) is 5.75 Å². The summed E-state index contributed by atoms with van der Waals surface area (Å²) in [5.41, 5.74) is 2.33. The minimum Gasteiger partial charge on any atom is -0.508 e. The molecule has 1 aliphatic carbocycles. The highest BCUT2D eigenvalue weighted by atomic mass is 32.2. The van der Waals surface area contributed by atoms with Crippen LogP contribution < -0.4 is 10.0 Å². The molecule has 0 saturated heterocycles. The predicted octanol–water partition coefficient (Wildman–Crippen LogP) is 1.30. The van der Waals surface area contributed by atoms with E-state index >= 15 is 0 Å². The Balaban J connectivity index is 1.96. The summed E-state index contributed by atoms with van der Waals surface area (Å²) in [5.74, 6) is 0.379. The van der Waals surface area contributed by atoms with Crippen molar-refractivity contribution in [3.05, 3.63) is 29.3 Å². The summed E-state index contributed by atoms with van der Waals surface area (Å²) in [7, 11) is -3.17. The van der Waals surface area contributed by atoms with Crippen LogP contribution in [-0.4, -0.2) is 32.4 Å². The molecular formula is C14H22N2O3S. The number of hydrogen-bond donors (Lipinski definition) is 3. The number of phenols is 1. The van der Waals surface area contributed by atoms with E-state index in [1.807, 2.05) is 6.07 Å². The molecule has 0 heterocycles. The zero-order valence-corrected chi connectivity index (χ0v) is 12.5. The lowest BCUT2D eigenvalue weighted by Gasteiger charge is -2.26. The number of phenolic OH excluding ortho intramolecular Hbond substituents is 1. The smallest absolute Gasteiger partial charge is 0.212 e. The molecular weight excluding hydrogens is 276 g/mol. The second kappa shape index (κ2) is 6.56. The fraction of sp³-hybridized carbons (Fsp3) is 0.571. The monoisotopic (exact) mass is 298 g/mol. The third-order valence-electron chi connectivity index (χ3n) is 3.57. The van der Waals surface area contributed by atoms with Crippen LogP contribution in [0.2, 0.25) is 0 Å². The van der Waals surface area contributed by atoms with Gasteiger partial charge in [-0.3, -0.25) is 0 Å². The van der Waals surface area contributed by atoms with Crippen molar-refractivity contribution < 1.29 is 13.5 Å². The maximum absolute atomic E-state index is 11.6. The molecule has 112 valence electrons. The van der Waals surface area contributed by atoms with E-state index in [2.05, 4.69) is 10.0 Å². The molecule has 0 aliphatic heterocycles. The van der Waals surface area contributed by atoms with E-state index in [4.69, 9.17) is 0 Å². The summed E-state index contributed by atoms with van der Waals surface area (Å²) in [6.07, 6.45) is 3.02. The Morgan fingerprint density at radius 3 is 2.95 bits per heavy atom. The number of hydrogen-bond acceptors (Lipinski definition) is 4. The second-order valence-electron chi connectivity index (χ2n) is 5.10. The fourth-order valence-corrected chi connectivity index (χ4v) is 3.64. The summed E-state index contributed by atoms with van der Waals surface area (Å²) >= 11 is 0. The highest BCUT2D eigenvalue weighted by Crippen LogP contribution is 2.31. The zero-order valence-electron chi connectivity index (χ0n) is 11.7. The third kappa shape index (κ3) is 3.94. The lowest BCUT2D eigenvalue weighted by atomic mass is 9.87. The molecule has 6 heteroatoms. The summed E-state index contributed by atoms with van der Waals surface area (Å²) in [6, 6.07) is 5.60. The van der Waals surface area contributed by atoms with Crippen molar-refractivity contribution in [3.63, 3.8) is 0 Å². The highest BCUT2D eigenvalue weighted by molar-refractivity contribution is 7.89. The van der Waals surface area contributed by atoms with Crippen LogP contribution >= 0.6 is 0 Å². The van der Waals surface area contributed by atoms with E-state index in [0.717, 1.165) is 24.8 Å². The van der Waals surface area contributed by atoms with Gasteiger partial charge in [0.2, 0.25) is 10.0 Å². The zero-order chi connectivity index (χ0) is 14.6. The topological polar surface area (TPSA) is 78.4 Å². The Morgan fingerprint density at radius 2 is 2.20 bits per heavy atom. The number of aryl methyl sites for hydroxylation is 1. The van der Waals surface area contributed by atoms with Crippen LogP contribution in [0.15, 0.2) is 18.2 Å². The highest BCUT2D eigenvalue weighted by Gasteiger charge is 2.20. The van der Waals surface area contributed by atoms with E-state index < -0.39 is 10.0 Å². The molecule has 1 aromatic carbocycles. The van der Waals surface area contributed by atoms with Crippen LogP contribution in [0.1, 0.15) is 36.9 Å². The molecule has 0 aromatic heterocycles. The molecule has 0 bridgehead atoms. The average molecular weight is 298 g/mol. The summed E-state index contributed by atoms with van der Waals surface area (Å²) in [4.78, 5) is 0. The number of benzene rings is 1. The van der Waals surface area contributed by atoms with Crippen LogP contribution in [0, 0.1) is 0 Å². The second-order valence-corrected chi connectivity index (χ2v) is 7.03. The van der Waals surface area contributed by atoms with Crippen molar-refractivity contribution in [2.45, 2.75) is 32.2 Å². The number of rotatable bonds is 6. The van der Waals surface area contributed by atoms with Gasteiger partial charge in [0.25, 0.3) is 0 Å². The van der Waals surface area contributed by atoms with Crippen LogP contribution in [0.4, 0.5) is 0 Å². The largest absolute Gasteiger partial charge is 0.508 e. The van der Waals surface area contributed by atoms with Crippen molar-refractivity contribution >= 4 is 10.0 Å². The minimum atomic E-state index is -3.17. The van der Waals surface area contributed by atoms with Crippen LogP contribution in [-0.2, 0) is 16.4 Å². The molecule has 5 nitrogen and oxygen atoms in total. The Labute approximate surface area is 120 Å². The number of nitrogens with one attached hydrogen (secondary N) is 2. The predicted molar refractivity (Wildman–Crippen MR) is 79.3 cm³/mol. The summed E-state index contributed by atoms with van der Waals surface area (Å²) in [5, 5.41) is 12.8. The van der Waals surface area contributed by atoms with E-state index in [1.54, 1.807) is 19.1 Å². The Hall–Kier alpha value is -1.11. The standard InChI is InChI=1S/C14H22N2O3S/c1-2-16-20(18,19)9-8-15-14-5-3-4-11-10-12(17)6-7-13(11)14/h6-7,10,14-17H,2-5,8-9H2,1H3. The molecule has 1 atom stereocenters. The molecule has 2 rings (SSSR count). The van der Waals surface area contributed by atoms with E-state index in [1.165, 1.54) is 5.56 Å². The lowest BCUT2D eigenvalue weighted by molar-refractivity contribution is 0.456. The first-order chi connectivity index (χ1) is 9.52. The van der Waals surface area contributed by atoms with E-state index in [9.17, 15) is 13.5 Å². The lowest BCUT2D eigenvalue weighted by Crippen LogP contribution is -2.34. The van der Waals surface area contributed by atoms with Crippen molar-refractivity contribution in [2.24, 2.45) is 0 Å². The van der Waals surface area contributed by atoms with Crippen LogP contribution in [0.5, 0.6) is 5.75 Å². The Bertz CT molecular complexity index is 558. The SMILES string of the molecule is CCNS(=O)(=O)CCNC1CCCc2cc(O)ccc21. The van der Waals surface area contributed by atoms with Gasteiger partial charge in [0, 0.05) is 19.1 Å². The maximum Gasteiger partial charge on any atom is 0.212 e. The molecule has 0 spiro atoms. The van der Waals surface area contributed by atoms with Gasteiger partial charge >= 0.3 is 0 Å². The van der Waals surface area contributed by atoms with Crippen molar-refractivity contribution in [3.8, 4) is 5.75 Å². The van der Waals surface area contributed by atoms with Crippen molar-refractivity contribution in [1.29, 1.82) is 0 Å². The first-order valence-corrected chi connectivity index (χ1v) is 8.69. The molecule has 20 heavy (non-hydrogen) atoms. The number of sulfonamides is 1. The number of fused-ring (bicyclic) bond motifs is 1. The first-order valence-electron chi connectivity index (χ1n) is 7.04. The molecule has 0 amide bonds. The molecule has 0 fully saturated rings. The Morgan fingerprint density at radius 1 is 1.40 bits per heavy atom. The molecule has 1 aromatic rings. The van der Waals surface area contributed by atoms with E-state index in [-0.39, 0.29) is 11.8 Å². The normalized spacial score (nSPS) is 18.8. The molecule has 1 aliphatic rings. The summed E-state index contributed by atoms with van der Waals surface area (Å²) in [6.45, 7) is 2.63. The third-order valence-corrected chi connectivity index (χ3v) is 5.04. The molecule has 1 unspecified atom stereocenters. The van der Waals surface area contributed by atoms with Crippen molar-refractivity contribution in [2.75, 3.05) is 18.8 Å². The van der Waals surface area contributed by atoms with Gasteiger partial charge in [-0.05, 0) is 42.5 Å². The molecule has 3 N–H and O–H groups in total. The van der Waals surface area contributed by atoms with Gasteiger partial charge in [0.15, 0.2) is 0 Å². The van der Waals surface area contributed by atoms with Gasteiger partial charge < -0.3 is 10.4 Å². The van der Waals surface area contributed by atoms with Gasteiger partial charge in [-0.25, -0.2) is 13.1 Å². The van der Waals surface area contributed by atoms with Gasteiger partial charge in [-0.15, -0.1) is 0 Å². The fourth-order valence-electron chi connectivity index (χ4n) is 2.67. The minimum absolute atomic E-state index is 0.0881. The molecule has 0 saturated carbocycles. The quantitative estimate of drug-likeness (QED) is 0.739. The maximum atomic E-state index is 11.6. The van der Waals surface area contributed by atoms with Crippen LogP contribution in [0.3, 0.4) is 0 Å². The first kappa shape index (κ1) is 15.3. The van der Waals surface area contributed by atoms with Gasteiger partial charge in [-0.1, -0.05) is 13.0 Å². The number of aromatic hydroxyl groups is 1. The van der Waals surface area contributed by atoms with E-state index in [0.29, 0.717) is 18.8 Å². The Kier molecular flexibility index (Phi) is 5.01. The van der Waals surface area contributed by atoms with Gasteiger partial charge in [-0.2, -0.15) is 0 Å². The average Bonchev–Trinajstić information content (AvgIpc) is 2.38. The van der Waals surface area contributed by atoms with Crippen molar-refractivity contribution in [1.82, 2.24) is 10.0 Å². The summed E-state index contributed by atoms with van der Waals surface area (Å²) < 4.78 is 25.6.